The van der Waals surface area contributed by atoms with E-state index >= 15 is 0 Å². The average molecular weight is 353 g/mol. The van der Waals surface area contributed by atoms with Crippen molar-refractivity contribution in [1.29, 1.82) is 0 Å². The second-order valence-corrected chi connectivity index (χ2v) is 6.29. The first kappa shape index (κ1) is 17.8. The van der Waals surface area contributed by atoms with Crippen LogP contribution in [0.2, 0.25) is 10.0 Å². The van der Waals surface area contributed by atoms with Crippen LogP contribution in [0.1, 0.15) is 23.6 Å². The molecule has 0 heterocycles. The van der Waals surface area contributed by atoms with Gasteiger partial charge in [0.15, 0.2) is 0 Å². The van der Waals surface area contributed by atoms with E-state index in [1.54, 1.807) is 12.4 Å². The Kier molecular flexibility index (Phi) is 6.03. The normalized spacial score (nSPS) is 11.2. The van der Waals surface area contributed by atoms with Crippen LogP contribution in [0.15, 0.2) is 35.3 Å². The summed E-state index contributed by atoms with van der Waals surface area (Å²) in [4.78, 5) is 6.37. The highest BCUT2D eigenvalue weighted by Gasteiger charge is 2.08. The van der Waals surface area contributed by atoms with Crippen molar-refractivity contribution in [2.45, 2.75) is 20.3 Å². The molecule has 0 spiro atoms. The van der Waals surface area contributed by atoms with Crippen molar-refractivity contribution in [3.8, 4) is 0 Å². The summed E-state index contributed by atoms with van der Waals surface area (Å²) in [6.45, 7) is 4.92. The van der Waals surface area contributed by atoms with E-state index in [4.69, 9.17) is 23.2 Å². The molecule has 0 amide bonds. The Morgan fingerprint density at radius 1 is 1.17 bits per heavy atom. The molecule has 122 valence electrons. The number of hydrogen-bond acceptors (Lipinski definition) is 1. The van der Waals surface area contributed by atoms with Crippen molar-refractivity contribution in [1.82, 2.24) is 4.90 Å². The summed E-state index contributed by atoms with van der Waals surface area (Å²) in [6, 6.07) is 8.69. The molecular weight excluding hydrogens is 334 g/mol. The Hall–Kier alpha value is -1.58. The van der Waals surface area contributed by atoms with E-state index in [0.717, 1.165) is 28.9 Å². The van der Waals surface area contributed by atoms with E-state index in [2.05, 4.69) is 4.99 Å². The van der Waals surface area contributed by atoms with E-state index in [9.17, 15) is 4.39 Å². The molecule has 0 N–H and O–H groups in total. The summed E-state index contributed by atoms with van der Waals surface area (Å²) in [7, 11) is 1.95. The highest BCUT2D eigenvalue weighted by molar-refractivity contribution is 6.33. The van der Waals surface area contributed by atoms with Gasteiger partial charge >= 0.3 is 0 Å². The predicted octanol–water partition coefficient (Wildman–Crippen LogP) is 5.64. The van der Waals surface area contributed by atoms with Gasteiger partial charge in [0.1, 0.15) is 5.82 Å². The summed E-state index contributed by atoms with van der Waals surface area (Å²) in [6.07, 6.45) is 2.35. The Morgan fingerprint density at radius 3 is 2.57 bits per heavy atom. The number of halogens is 3. The topological polar surface area (TPSA) is 15.6 Å². The summed E-state index contributed by atoms with van der Waals surface area (Å²) in [5.41, 5.74) is 3.69. The van der Waals surface area contributed by atoms with Gasteiger partial charge in [0.05, 0.1) is 22.1 Å². The molecule has 5 heteroatoms. The quantitative estimate of drug-likeness (QED) is 0.501. The number of nitrogens with zero attached hydrogens (tertiary/aromatic N) is 2. The molecule has 23 heavy (non-hydrogen) atoms. The Morgan fingerprint density at radius 2 is 1.91 bits per heavy atom. The molecule has 0 unspecified atom stereocenters. The van der Waals surface area contributed by atoms with Crippen LogP contribution < -0.4 is 0 Å². The third-order valence-electron chi connectivity index (χ3n) is 3.68. The van der Waals surface area contributed by atoms with Gasteiger partial charge in [-0.2, -0.15) is 0 Å². The van der Waals surface area contributed by atoms with Crippen molar-refractivity contribution in [2.75, 3.05) is 13.6 Å². The summed E-state index contributed by atoms with van der Waals surface area (Å²) in [5, 5.41) is 0.717. The van der Waals surface area contributed by atoms with Crippen LogP contribution >= 0.6 is 23.2 Å². The molecule has 0 fully saturated rings. The van der Waals surface area contributed by atoms with Crippen LogP contribution in [0.5, 0.6) is 0 Å². The van der Waals surface area contributed by atoms with E-state index in [0.29, 0.717) is 11.4 Å². The number of hydrogen-bond donors (Lipinski definition) is 0. The lowest BCUT2D eigenvalue weighted by Crippen LogP contribution is -2.14. The van der Waals surface area contributed by atoms with E-state index < -0.39 is 5.82 Å². The molecule has 0 bridgehead atoms. The molecule has 0 saturated carbocycles. The molecule has 0 radical (unpaired) electrons. The third-order valence-corrected chi connectivity index (χ3v) is 4.29. The molecule has 0 atom stereocenters. The van der Waals surface area contributed by atoms with Crippen LogP contribution in [0.4, 0.5) is 10.1 Å². The van der Waals surface area contributed by atoms with Crippen molar-refractivity contribution < 1.29 is 4.39 Å². The largest absolute Gasteiger partial charge is 0.366 e. The number of aryl methyl sites for hydroxylation is 1. The van der Waals surface area contributed by atoms with Crippen LogP contribution in [-0.2, 0) is 6.42 Å². The van der Waals surface area contributed by atoms with Crippen LogP contribution in [-0.4, -0.2) is 24.8 Å². The minimum Gasteiger partial charge on any atom is -0.366 e. The van der Waals surface area contributed by atoms with Gasteiger partial charge in [0.2, 0.25) is 0 Å². The Balaban J connectivity index is 2.25. The summed E-state index contributed by atoms with van der Waals surface area (Å²) < 4.78 is 13.6. The molecule has 2 rings (SSSR count). The lowest BCUT2D eigenvalue weighted by atomic mass is 10.00. The molecule has 0 aliphatic carbocycles. The molecule has 0 aromatic heterocycles. The standard InChI is InChI=1S/C18H19Cl2FN2/c1-4-23(3)11-22-18-7-12(2)14(10-16(18)20)8-13-5-6-15(19)17(21)9-13/h5-7,9-11H,4,8H2,1-3H3. The molecule has 2 aromatic carbocycles. The van der Waals surface area contributed by atoms with Gasteiger partial charge in [-0.15, -0.1) is 0 Å². The predicted molar refractivity (Wildman–Crippen MR) is 96.9 cm³/mol. The zero-order valence-corrected chi connectivity index (χ0v) is 14.9. The first-order chi connectivity index (χ1) is 10.9. The molecular formula is C18H19Cl2FN2. The van der Waals surface area contributed by atoms with Gasteiger partial charge in [-0.05, 0) is 61.2 Å². The average Bonchev–Trinajstić information content (AvgIpc) is 2.52. The molecule has 0 aliphatic rings. The lowest BCUT2D eigenvalue weighted by Gasteiger charge is -2.11. The van der Waals surface area contributed by atoms with Crippen molar-refractivity contribution in [3.63, 3.8) is 0 Å². The summed E-state index contributed by atoms with van der Waals surface area (Å²) >= 11 is 12.0. The second-order valence-electron chi connectivity index (χ2n) is 5.47. The number of rotatable bonds is 5. The number of aliphatic imine (C=N–C) groups is 1. The van der Waals surface area contributed by atoms with Crippen molar-refractivity contribution in [3.05, 3.63) is 62.9 Å². The maximum Gasteiger partial charge on any atom is 0.142 e. The Bertz CT molecular complexity index is 729. The summed E-state index contributed by atoms with van der Waals surface area (Å²) in [5.74, 6) is -0.406. The van der Waals surface area contributed by atoms with E-state index in [1.807, 2.05) is 44.0 Å². The zero-order chi connectivity index (χ0) is 17.0. The highest BCUT2D eigenvalue weighted by atomic mass is 35.5. The maximum absolute atomic E-state index is 13.6. The van der Waals surface area contributed by atoms with Gasteiger partial charge in [-0.25, -0.2) is 9.38 Å². The maximum atomic E-state index is 13.6. The van der Waals surface area contributed by atoms with Crippen molar-refractivity contribution >= 4 is 35.2 Å². The molecule has 2 nitrogen and oxygen atoms in total. The van der Waals surface area contributed by atoms with Gasteiger partial charge in [-0.3, -0.25) is 0 Å². The van der Waals surface area contributed by atoms with Crippen LogP contribution in [0.25, 0.3) is 0 Å². The first-order valence-corrected chi connectivity index (χ1v) is 8.13. The number of benzene rings is 2. The van der Waals surface area contributed by atoms with Gasteiger partial charge < -0.3 is 4.90 Å². The van der Waals surface area contributed by atoms with E-state index in [1.165, 1.54) is 6.07 Å². The fourth-order valence-electron chi connectivity index (χ4n) is 2.11. The van der Waals surface area contributed by atoms with Crippen molar-refractivity contribution in [2.24, 2.45) is 4.99 Å². The van der Waals surface area contributed by atoms with Crippen LogP contribution in [0, 0.1) is 12.7 Å². The third kappa shape index (κ3) is 4.69. The first-order valence-electron chi connectivity index (χ1n) is 7.38. The fourth-order valence-corrected chi connectivity index (χ4v) is 2.46. The van der Waals surface area contributed by atoms with E-state index in [-0.39, 0.29) is 5.02 Å². The SMILES string of the molecule is CCN(C)C=Nc1cc(C)c(Cc2ccc(Cl)c(F)c2)cc1Cl. The minimum atomic E-state index is -0.406. The Labute approximate surface area is 146 Å². The van der Waals surface area contributed by atoms with Crippen LogP contribution in [0.3, 0.4) is 0 Å². The molecule has 0 aliphatic heterocycles. The van der Waals surface area contributed by atoms with Gasteiger partial charge in [0, 0.05) is 13.6 Å². The smallest absolute Gasteiger partial charge is 0.142 e. The fraction of sp³-hybridized carbons (Fsp3) is 0.278. The van der Waals surface area contributed by atoms with Gasteiger partial charge in [-0.1, -0.05) is 29.3 Å². The molecule has 0 saturated heterocycles. The zero-order valence-electron chi connectivity index (χ0n) is 13.4. The van der Waals surface area contributed by atoms with Gasteiger partial charge in [0.25, 0.3) is 0 Å². The monoisotopic (exact) mass is 352 g/mol. The molecule has 2 aromatic rings. The minimum absolute atomic E-state index is 0.133. The highest BCUT2D eigenvalue weighted by Crippen LogP contribution is 2.30. The lowest BCUT2D eigenvalue weighted by molar-refractivity contribution is 0.552. The second kappa shape index (κ2) is 7.80.